The zero-order valence-electron chi connectivity index (χ0n) is 11.7. The minimum Gasteiger partial charge on any atom is -0.0625 e. The summed E-state index contributed by atoms with van der Waals surface area (Å²) >= 11 is 0. The Bertz CT molecular complexity index is 200. The maximum absolute atomic E-state index is 2.48. The van der Waals surface area contributed by atoms with Crippen molar-refractivity contribution in [3.63, 3.8) is 0 Å². The first-order valence-electron chi connectivity index (χ1n) is 7.58. The predicted octanol–water partition coefficient (Wildman–Crippen LogP) is 5.13. The van der Waals surface area contributed by atoms with Gasteiger partial charge in [0.25, 0.3) is 0 Å². The first kappa shape index (κ1) is 12.5. The second-order valence-electron chi connectivity index (χ2n) is 7.07. The summed E-state index contributed by atoms with van der Waals surface area (Å²) in [5.41, 5.74) is 0. The number of rotatable bonds is 1. The highest BCUT2D eigenvalue weighted by Gasteiger charge is 2.35. The molecule has 2 fully saturated rings. The summed E-state index contributed by atoms with van der Waals surface area (Å²) in [6.45, 7) is 9.87. The summed E-state index contributed by atoms with van der Waals surface area (Å²) in [7, 11) is 0. The average molecular weight is 222 g/mol. The first-order valence-corrected chi connectivity index (χ1v) is 7.58. The second-order valence-corrected chi connectivity index (χ2v) is 7.07. The molecule has 0 aliphatic heterocycles. The molecule has 16 heavy (non-hydrogen) atoms. The minimum atomic E-state index is 0.957. The molecule has 2 rings (SSSR count). The molecule has 0 amide bonds. The fraction of sp³-hybridized carbons (Fsp3) is 1.00. The topological polar surface area (TPSA) is 0 Å². The van der Waals surface area contributed by atoms with Crippen LogP contribution in [0.25, 0.3) is 0 Å². The van der Waals surface area contributed by atoms with Crippen molar-refractivity contribution < 1.29 is 0 Å². The fourth-order valence-corrected chi connectivity index (χ4v) is 4.18. The molecule has 0 N–H and O–H groups in total. The first-order chi connectivity index (χ1) is 7.58. The molecule has 0 heteroatoms. The van der Waals surface area contributed by atoms with Gasteiger partial charge in [-0.15, -0.1) is 0 Å². The molecule has 0 radical (unpaired) electrons. The molecule has 0 nitrogen and oxygen atoms in total. The zero-order valence-corrected chi connectivity index (χ0v) is 11.7. The van der Waals surface area contributed by atoms with E-state index in [0.29, 0.717) is 0 Å². The van der Waals surface area contributed by atoms with Crippen LogP contribution in [-0.4, -0.2) is 0 Å². The summed E-state index contributed by atoms with van der Waals surface area (Å²) in [6.07, 6.45) is 9.09. The van der Waals surface area contributed by atoms with E-state index in [0.717, 1.165) is 35.5 Å². The smallest absolute Gasteiger partial charge is 0.0381 e. The Morgan fingerprint density at radius 1 is 0.625 bits per heavy atom. The summed E-state index contributed by atoms with van der Waals surface area (Å²) < 4.78 is 0. The van der Waals surface area contributed by atoms with Crippen molar-refractivity contribution in [3.05, 3.63) is 0 Å². The molecular formula is C16H30. The third kappa shape index (κ3) is 2.63. The van der Waals surface area contributed by atoms with Crippen molar-refractivity contribution in [1.82, 2.24) is 0 Å². The standard InChI is InChI=1S/C16H30/c1-11-5-7-15(8-6-11)16-9-12(2)14(4)13(3)10-16/h11-16H,5-10H2,1-4H3. The van der Waals surface area contributed by atoms with Gasteiger partial charge in [0.15, 0.2) is 0 Å². The SMILES string of the molecule is CC1CCC(C2CC(C)C(C)C(C)C2)CC1. The highest BCUT2D eigenvalue weighted by molar-refractivity contribution is 4.85. The van der Waals surface area contributed by atoms with Gasteiger partial charge in [0.1, 0.15) is 0 Å². The molecule has 2 atom stereocenters. The monoisotopic (exact) mass is 222 g/mol. The maximum Gasteiger partial charge on any atom is -0.0381 e. The lowest BCUT2D eigenvalue weighted by Gasteiger charge is -2.42. The van der Waals surface area contributed by atoms with Gasteiger partial charge in [0, 0.05) is 0 Å². The van der Waals surface area contributed by atoms with Crippen molar-refractivity contribution in [1.29, 1.82) is 0 Å². The van der Waals surface area contributed by atoms with Crippen LogP contribution in [0.4, 0.5) is 0 Å². The van der Waals surface area contributed by atoms with E-state index in [4.69, 9.17) is 0 Å². The molecule has 0 saturated heterocycles. The van der Waals surface area contributed by atoms with Crippen LogP contribution < -0.4 is 0 Å². The summed E-state index contributed by atoms with van der Waals surface area (Å²) in [5.74, 6) is 6.04. The van der Waals surface area contributed by atoms with Gasteiger partial charge in [0.05, 0.1) is 0 Å². The largest absolute Gasteiger partial charge is 0.0625 e. The molecule has 2 aliphatic rings. The van der Waals surface area contributed by atoms with E-state index in [1.165, 1.54) is 38.5 Å². The van der Waals surface area contributed by atoms with E-state index < -0.39 is 0 Å². The Labute approximate surface area is 102 Å². The fourth-order valence-electron chi connectivity index (χ4n) is 4.18. The Morgan fingerprint density at radius 2 is 1.12 bits per heavy atom. The molecule has 2 aliphatic carbocycles. The van der Waals surface area contributed by atoms with E-state index >= 15 is 0 Å². The van der Waals surface area contributed by atoms with E-state index in [1.54, 1.807) is 0 Å². The van der Waals surface area contributed by atoms with Crippen molar-refractivity contribution in [2.75, 3.05) is 0 Å². The lowest BCUT2D eigenvalue weighted by molar-refractivity contribution is 0.0805. The van der Waals surface area contributed by atoms with Gasteiger partial charge < -0.3 is 0 Å². The summed E-state index contributed by atoms with van der Waals surface area (Å²) in [5, 5.41) is 0. The van der Waals surface area contributed by atoms with Crippen LogP contribution in [0, 0.1) is 35.5 Å². The van der Waals surface area contributed by atoms with Crippen LogP contribution in [0.15, 0.2) is 0 Å². The molecule has 2 saturated carbocycles. The van der Waals surface area contributed by atoms with E-state index in [2.05, 4.69) is 27.7 Å². The number of hydrogen-bond acceptors (Lipinski definition) is 0. The second kappa shape index (κ2) is 5.10. The Hall–Kier alpha value is 0. The summed E-state index contributed by atoms with van der Waals surface area (Å²) in [6, 6.07) is 0. The van der Waals surface area contributed by atoms with Gasteiger partial charge in [-0.25, -0.2) is 0 Å². The van der Waals surface area contributed by atoms with Gasteiger partial charge in [-0.1, -0.05) is 40.5 Å². The van der Waals surface area contributed by atoms with E-state index in [9.17, 15) is 0 Å². The van der Waals surface area contributed by atoms with Crippen LogP contribution in [0.1, 0.15) is 66.2 Å². The van der Waals surface area contributed by atoms with Crippen molar-refractivity contribution in [2.24, 2.45) is 35.5 Å². The van der Waals surface area contributed by atoms with Crippen LogP contribution in [0.3, 0.4) is 0 Å². The van der Waals surface area contributed by atoms with Crippen LogP contribution in [-0.2, 0) is 0 Å². The number of hydrogen-bond donors (Lipinski definition) is 0. The Balaban J connectivity index is 1.90. The maximum atomic E-state index is 2.48. The lowest BCUT2D eigenvalue weighted by atomic mass is 9.63. The van der Waals surface area contributed by atoms with Gasteiger partial charge >= 0.3 is 0 Å². The minimum absolute atomic E-state index is 0.957. The predicted molar refractivity (Wildman–Crippen MR) is 71.3 cm³/mol. The molecular weight excluding hydrogens is 192 g/mol. The molecule has 0 aromatic heterocycles. The average Bonchev–Trinajstić information content (AvgIpc) is 2.26. The van der Waals surface area contributed by atoms with Gasteiger partial charge in [-0.3, -0.25) is 0 Å². The van der Waals surface area contributed by atoms with E-state index in [1.807, 2.05) is 0 Å². The molecule has 2 unspecified atom stereocenters. The highest BCUT2D eigenvalue weighted by atomic mass is 14.4. The molecule has 0 aromatic carbocycles. The van der Waals surface area contributed by atoms with Crippen molar-refractivity contribution in [3.8, 4) is 0 Å². The van der Waals surface area contributed by atoms with Gasteiger partial charge in [0.2, 0.25) is 0 Å². The highest BCUT2D eigenvalue weighted by Crippen LogP contribution is 2.45. The van der Waals surface area contributed by atoms with Crippen molar-refractivity contribution in [2.45, 2.75) is 66.2 Å². The van der Waals surface area contributed by atoms with Crippen LogP contribution in [0.5, 0.6) is 0 Å². The van der Waals surface area contributed by atoms with E-state index in [-0.39, 0.29) is 0 Å². The third-order valence-electron chi connectivity index (χ3n) is 5.87. The Morgan fingerprint density at radius 3 is 1.62 bits per heavy atom. The van der Waals surface area contributed by atoms with Crippen LogP contribution in [0.2, 0.25) is 0 Å². The van der Waals surface area contributed by atoms with Crippen LogP contribution >= 0.6 is 0 Å². The normalized spacial score (nSPS) is 50.2. The summed E-state index contributed by atoms with van der Waals surface area (Å²) in [4.78, 5) is 0. The molecule has 0 spiro atoms. The quantitative estimate of drug-likeness (QED) is 0.577. The molecule has 0 aromatic rings. The lowest BCUT2D eigenvalue weighted by Crippen LogP contribution is -2.33. The van der Waals surface area contributed by atoms with Crippen molar-refractivity contribution >= 4 is 0 Å². The van der Waals surface area contributed by atoms with Gasteiger partial charge in [-0.05, 0) is 61.2 Å². The third-order valence-corrected chi connectivity index (χ3v) is 5.87. The molecule has 0 heterocycles. The molecule has 0 bridgehead atoms. The Kier molecular flexibility index (Phi) is 3.97. The molecule has 94 valence electrons. The van der Waals surface area contributed by atoms with Gasteiger partial charge in [-0.2, -0.15) is 0 Å². The zero-order chi connectivity index (χ0) is 11.7.